The molecule has 0 fully saturated rings. The van der Waals surface area contributed by atoms with E-state index in [2.05, 4.69) is 25.9 Å². The van der Waals surface area contributed by atoms with Crippen LogP contribution in [0.25, 0.3) is 0 Å². The predicted molar refractivity (Wildman–Crippen MR) is 117 cm³/mol. The van der Waals surface area contributed by atoms with Crippen LogP contribution in [-0.4, -0.2) is 68.8 Å². The molecule has 5 atom stereocenters. The van der Waals surface area contributed by atoms with Crippen LogP contribution in [0.5, 0.6) is 0 Å². The maximum atomic E-state index is 12.7. The van der Waals surface area contributed by atoms with E-state index in [1.54, 1.807) is 6.92 Å². The molecule has 0 saturated heterocycles. The number of aliphatic carboxylic acids is 1. The van der Waals surface area contributed by atoms with Crippen LogP contribution in [0.1, 0.15) is 45.7 Å². The molecule has 1 aromatic rings. The van der Waals surface area contributed by atoms with Gasteiger partial charge in [-0.3, -0.25) is 19.2 Å². The van der Waals surface area contributed by atoms with Gasteiger partial charge in [0.1, 0.15) is 18.1 Å². The Morgan fingerprint density at radius 2 is 1.70 bits per heavy atom. The lowest BCUT2D eigenvalue weighted by atomic mass is 9.98. The first-order chi connectivity index (χ1) is 15.5. The number of aromatic nitrogens is 2. The zero-order chi connectivity index (χ0) is 25.1. The molecule has 0 saturated carbocycles. The number of H-pyrrole nitrogens is 1. The zero-order valence-electron chi connectivity index (χ0n) is 19.0. The highest BCUT2D eigenvalue weighted by molar-refractivity contribution is 5.94. The number of nitrogens with one attached hydrogen (secondary N) is 4. The summed E-state index contributed by atoms with van der Waals surface area (Å²) in [6.07, 6.45) is 3.16. The lowest BCUT2D eigenvalue weighted by Crippen LogP contribution is -2.57. The van der Waals surface area contributed by atoms with Crippen molar-refractivity contribution in [3.05, 3.63) is 18.2 Å². The average molecular weight is 468 g/mol. The van der Waals surface area contributed by atoms with Crippen molar-refractivity contribution < 1.29 is 29.1 Å². The summed E-state index contributed by atoms with van der Waals surface area (Å²) < 4.78 is 0. The molecule has 0 radical (unpaired) electrons. The summed E-state index contributed by atoms with van der Waals surface area (Å²) in [5.41, 5.74) is 11.6. The van der Waals surface area contributed by atoms with E-state index in [0.717, 1.165) is 0 Å². The van der Waals surface area contributed by atoms with Gasteiger partial charge in [0.05, 0.1) is 12.4 Å². The number of aromatic amines is 1. The Balaban J connectivity index is 2.80. The number of imidazole rings is 1. The number of carbonyl (C=O) groups excluding carboxylic acids is 4. The van der Waals surface area contributed by atoms with E-state index >= 15 is 0 Å². The second-order valence-electron chi connectivity index (χ2n) is 7.89. The fraction of sp³-hybridized carbons (Fsp3) is 0.600. The number of nitrogens with two attached hydrogens (primary N) is 2. The van der Waals surface area contributed by atoms with Crippen molar-refractivity contribution in [2.75, 3.05) is 0 Å². The molecule has 33 heavy (non-hydrogen) atoms. The molecule has 0 aliphatic rings. The molecule has 0 aliphatic heterocycles. The standard InChI is InChI=1S/C20H33N7O6/c1-4-10(2)16(22)19(31)26-13(5-6-15(21)28)18(30)25-11(3)17(29)27-14(20(32)33)7-12-8-23-9-24-12/h8-11,13-14,16H,4-7,22H2,1-3H3,(H2,21,28)(H,23,24)(H,25,30)(H,26,31)(H,27,29)(H,32,33). The average Bonchev–Trinajstić information content (AvgIpc) is 3.27. The summed E-state index contributed by atoms with van der Waals surface area (Å²) in [5, 5.41) is 16.6. The molecule has 9 N–H and O–H groups in total. The Hall–Kier alpha value is -3.48. The number of hydrogen-bond donors (Lipinski definition) is 7. The second-order valence-corrected chi connectivity index (χ2v) is 7.89. The number of rotatable bonds is 14. The van der Waals surface area contributed by atoms with Gasteiger partial charge in [0.2, 0.25) is 23.6 Å². The van der Waals surface area contributed by atoms with Gasteiger partial charge in [-0.15, -0.1) is 0 Å². The van der Waals surface area contributed by atoms with Gasteiger partial charge in [-0.2, -0.15) is 0 Å². The number of carboxylic acid groups (broad SMARTS) is 1. The minimum atomic E-state index is -1.26. The van der Waals surface area contributed by atoms with Gasteiger partial charge in [0.15, 0.2) is 0 Å². The van der Waals surface area contributed by atoms with E-state index in [4.69, 9.17) is 11.5 Å². The normalized spacial score (nSPS) is 15.4. The van der Waals surface area contributed by atoms with Crippen LogP contribution in [0.15, 0.2) is 12.5 Å². The quantitative estimate of drug-likeness (QED) is 0.164. The minimum absolute atomic E-state index is 0.0352. The highest BCUT2D eigenvalue weighted by Crippen LogP contribution is 2.07. The van der Waals surface area contributed by atoms with Gasteiger partial charge in [-0.1, -0.05) is 20.3 Å². The number of carbonyl (C=O) groups is 5. The van der Waals surface area contributed by atoms with Gasteiger partial charge in [-0.05, 0) is 19.3 Å². The molecule has 1 aromatic heterocycles. The monoisotopic (exact) mass is 467 g/mol. The Labute approximate surface area is 191 Å². The first-order valence-corrected chi connectivity index (χ1v) is 10.6. The summed E-state index contributed by atoms with van der Waals surface area (Å²) in [7, 11) is 0. The van der Waals surface area contributed by atoms with Crippen LogP contribution in [0.4, 0.5) is 0 Å². The topological polar surface area (TPSA) is 222 Å². The third kappa shape index (κ3) is 9.27. The van der Waals surface area contributed by atoms with E-state index in [9.17, 15) is 29.1 Å². The van der Waals surface area contributed by atoms with Crippen molar-refractivity contribution in [3.8, 4) is 0 Å². The van der Waals surface area contributed by atoms with Crippen LogP contribution in [0.2, 0.25) is 0 Å². The molecular formula is C20H33N7O6. The molecule has 13 heteroatoms. The number of primary amides is 1. The van der Waals surface area contributed by atoms with Crippen LogP contribution >= 0.6 is 0 Å². The van der Waals surface area contributed by atoms with E-state index in [1.807, 2.05) is 6.92 Å². The number of carboxylic acids is 1. The summed E-state index contributed by atoms with van der Waals surface area (Å²) in [6.45, 7) is 5.02. The molecule has 0 aromatic carbocycles. The molecule has 5 unspecified atom stereocenters. The Morgan fingerprint density at radius 3 is 2.21 bits per heavy atom. The van der Waals surface area contributed by atoms with Gasteiger partial charge in [0, 0.05) is 24.7 Å². The lowest BCUT2D eigenvalue weighted by Gasteiger charge is -2.24. The van der Waals surface area contributed by atoms with E-state index in [0.29, 0.717) is 12.1 Å². The van der Waals surface area contributed by atoms with Gasteiger partial charge in [0.25, 0.3) is 0 Å². The molecular weight excluding hydrogens is 434 g/mol. The van der Waals surface area contributed by atoms with Crippen LogP contribution < -0.4 is 27.4 Å². The van der Waals surface area contributed by atoms with Crippen molar-refractivity contribution in [2.45, 2.75) is 70.6 Å². The maximum absolute atomic E-state index is 12.7. The van der Waals surface area contributed by atoms with Gasteiger partial charge >= 0.3 is 5.97 Å². The first-order valence-electron chi connectivity index (χ1n) is 10.6. The van der Waals surface area contributed by atoms with Crippen molar-refractivity contribution in [2.24, 2.45) is 17.4 Å². The van der Waals surface area contributed by atoms with Crippen LogP contribution in [0.3, 0.4) is 0 Å². The molecule has 0 aliphatic carbocycles. The third-order valence-electron chi connectivity index (χ3n) is 5.22. The summed E-state index contributed by atoms with van der Waals surface area (Å²) >= 11 is 0. The molecule has 1 rings (SSSR count). The lowest BCUT2D eigenvalue weighted by molar-refractivity contribution is -0.142. The van der Waals surface area contributed by atoms with Gasteiger partial charge < -0.3 is 37.5 Å². The smallest absolute Gasteiger partial charge is 0.326 e. The van der Waals surface area contributed by atoms with Gasteiger partial charge in [-0.25, -0.2) is 9.78 Å². The second kappa shape index (κ2) is 13.2. The summed E-state index contributed by atoms with van der Waals surface area (Å²) in [6, 6.07) is -4.40. The minimum Gasteiger partial charge on any atom is -0.480 e. The van der Waals surface area contributed by atoms with E-state index < -0.39 is 53.8 Å². The number of amides is 4. The van der Waals surface area contributed by atoms with Crippen molar-refractivity contribution in [3.63, 3.8) is 0 Å². The van der Waals surface area contributed by atoms with E-state index in [1.165, 1.54) is 19.4 Å². The maximum Gasteiger partial charge on any atom is 0.326 e. The highest BCUT2D eigenvalue weighted by atomic mass is 16.4. The Morgan fingerprint density at radius 1 is 1.06 bits per heavy atom. The van der Waals surface area contributed by atoms with Crippen molar-refractivity contribution >= 4 is 29.6 Å². The molecule has 13 nitrogen and oxygen atoms in total. The van der Waals surface area contributed by atoms with Crippen LogP contribution in [0, 0.1) is 5.92 Å². The summed E-state index contributed by atoms with van der Waals surface area (Å²) in [5.74, 6) is -4.12. The zero-order valence-corrected chi connectivity index (χ0v) is 19.0. The molecule has 4 amide bonds. The van der Waals surface area contributed by atoms with Crippen molar-refractivity contribution in [1.82, 2.24) is 25.9 Å². The fourth-order valence-electron chi connectivity index (χ4n) is 2.83. The third-order valence-corrected chi connectivity index (χ3v) is 5.22. The molecule has 184 valence electrons. The number of hydrogen-bond acceptors (Lipinski definition) is 7. The largest absolute Gasteiger partial charge is 0.480 e. The SMILES string of the molecule is CCC(C)C(N)C(=O)NC(CCC(N)=O)C(=O)NC(C)C(=O)NC(Cc1cnc[nH]1)C(=O)O. The number of nitrogens with zero attached hydrogens (tertiary/aromatic N) is 1. The highest BCUT2D eigenvalue weighted by Gasteiger charge is 2.29. The molecule has 0 bridgehead atoms. The predicted octanol–water partition coefficient (Wildman–Crippen LogP) is -1.85. The first kappa shape index (κ1) is 27.6. The molecule has 1 heterocycles. The van der Waals surface area contributed by atoms with Crippen molar-refractivity contribution in [1.29, 1.82) is 0 Å². The Bertz CT molecular complexity index is 829. The summed E-state index contributed by atoms with van der Waals surface area (Å²) in [4.78, 5) is 66.8. The van der Waals surface area contributed by atoms with Crippen LogP contribution in [-0.2, 0) is 30.4 Å². The van der Waals surface area contributed by atoms with E-state index in [-0.39, 0.29) is 25.2 Å². The fourth-order valence-corrected chi connectivity index (χ4v) is 2.83. The molecule has 0 spiro atoms. The Kier molecular flexibility index (Phi) is 11.0.